The molecule has 1 aromatic carbocycles. The molecule has 84 valence electrons. The van der Waals surface area contributed by atoms with E-state index in [4.69, 9.17) is 11.6 Å². The number of rotatable bonds is 3. The van der Waals surface area contributed by atoms with Gasteiger partial charge in [-0.3, -0.25) is 0 Å². The standard InChI is InChI=1S/C13H14ClNO/c1-9(4-6-16)10-7-12(14)11-3-5-15(2)13(11)8-10/h3,5-9H,4H2,1-2H3. The SMILES string of the molecule is CC(CC=O)c1cc(Cl)c2ccn(C)c2c1. The van der Waals surface area contributed by atoms with E-state index < -0.39 is 0 Å². The average Bonchev–Trinajstić information content (AvgIpc) is 2.61. The Kier molecular flexibility index (Phi) is 3.01. The van der Waals surface area contributed by atoms with Crippen LogP contribution in [-0.2, 0) is 11.8 Å². The van der Waals surface area contributed by atoms with E-state index in [1.807, 2.05) is 36.9 Å². The number of carbonyl (C=O) groups excluding carboxylic acids is 1. The van der Waals surface area contributed by atoms with Gasteiger partial charge in [-0.1, -0.05) is 18.5 Å². The lowest BCUT2D eigenvalue weighted by atomic mass is 9.97. The lowest BCUT2D eigenvalue weighted by Crippen LogP contribution is -1.95. The fraction of sp³-hybridized carbons (Fsp3) is 0.308. The third-order valence-electron chi connectivity index (χ3n) is 2.99. The summed E-state index contributed by atoms with van der Waals surface area (Å²) in [5.74, 6) is 0.217. The van der Waals surface area contributed by atoms with Gasteiger partial charge in [0.1, 0.15) is 6.29 Å². The molecule has 0 N–H and O–H groups in total. The maximum Gasteiger partial charge on any atom is 0.120 e. The maximum absolute atomic E-state index is 10.5. The second-order valence-electron chi connectivity index (χ2n) is 4.17. The zero-order valence-electron chi connectivity index (χ0n) is 9.40. The fourth-order valence-corrected chi connectivity index (χ4v) is 2.20. The maximum atomic E-state index is 10.5. The van der Waals surface area contributed by atoms with Crippen LogP contribution in [0, 0.1) is 0 Å². The van der Waals surface area contributed by atoms with Crippen LogP contribution in [0.15, 0.2) is 24.4 Å². The lowest BCUT2D eigenvalue weighted by molar-refractivity contribution is -0.108. The summed E-state index contributed by atoms with van der Waals surface area (Å²) in [5, 5.41) is 1.82. The molecule has 16 heavy (non-hydrogen) atoms. The van der Waals surface area contributed by atoms with Gasteiger partial charge in [0.25, 0.3) is 0 Å². The van der Waals surface area contributed by atoms with Crippen molar-refractivity contribution in [1.82, 2.24) is 4.57 Å². The number of aldehydes is 1. The number of aryl methyl sites for hydroxylation is 1. The molecule has 0 aliphatic heterocycles. The van der Waals surface area contributed by atoms with Gasteiger partial charge < -0.3 is 9.36 Å². The molecule has 1 heterocycles. The zero-order chi connectivity index (χ0) is 11.7. The van der Waals surface area contributed by atoms with E-state index >= 15 is 0 Å². The average molecular weight is 236 g/mol. The fourth-order valence-electron chi connectivity index (χ4n) is 1.91. The van der Waals surface area contributed by atoms with Crippen molar-refractivity contribution in [2.75, 3.05) is 0 Å². The van der Waals surface area contributed by atoms with Gasteiger partial charge in [-0.25, -0.2) is 0 Å². The van der Waals surface area contributed by atoms with E-state index in [1.54, 1.807) is 0 Å². The molecule has 0 saturated heterocycles. The van der Waals surface area contributed by atoms with Crippen molar-refractivity contribution in [2.45, 2.75) is 19.3 Å². The van der Waals surface area contributed by atoms with Gasteiger partial charge in [0.2, 0.25) is 0 Å². The van der Waals surface area contributed by atoms with Crippen molar-refractivity contribution >= 4 is 28.8 Å². The molecule has 0 radical (unpaired) electrons. The molecule has 1 aromatic heterocycles. The molecule has 2 rings (SSSR count). The number of hydrogen-bond acceptors (Lipinski definition) is 1. The van der Waals surface area contributed by atoms with Crippen LogP contribution in [0.4, 0.5) is 0 Å². The molecule has 0 fully saturated rings. The third-order valence-corrected chi connectivity index (χ3v) is 3.31. The number of nitrogens with zero attached hydrogens (tertiary/aromatic N) is 1. The second-order valence-corrected chi connectivity index (χ2v) is 4.57. The molecular weight excluding hydrogens is 222 g/mol. The Balaban J connectivity index is 2.55. The summed E-state index contributed by atoms with van der Waals surface area (Å²) in [4.78, 5) is 10.5. The number of benzene rings is 1. The molecule has 1 atom stereocenters. The van der Waals surface area contributed by atoms with Crippen LogP contribution in [0.3, 0.4) is 0 Å². The van der Waals surface area contributed by atoms with Gasteiger partial charge >= 0.3 is 0 Å². The highest BCUT2D eigenvalue weighted by Crippen LogP contribution is 2.30. The molecule has 0 aliphatic carbocycles. The van der Waals surface area contributed by atoms with Crippen molar-refractivity contribution in [1.29, 1.82) is 0 Å². The van der Waals surface area contributed by atoms with Gasteiger partial charge in [-0.2, -0.15) is 0 Å². The Bertz CT molecular complexity index is 530. The van der Waals surface area contributed by atoms with Crippen molar-refractivity contribution in [3.05, 3.63) is 35.0 Å². The Hall–Kier alpha value is -1.28. The van der Waals surface area contributed by atoms with E-state index in [-0.39, 0.29) is 5.92 Å². The number of halogens is 1. The van der Waals surface area contributed by atoms with Gasteiger partial charge in [0.15, 0.2) is 0 Å². The Morgan fingerprint density at radius 1 is 1.50 bits per heavy atom. The molecule has 3 heteroatoms. The Morgan fingerprint density at radius 3 is 2.94 bits per heavy atom. The zero-order valence-corrected chi connectivity index (χ0v) is 10.2. The topological polar surface area (TPSA) is 22.0 Å². The summed E-state index contributed by atoms with van der Waals surface area (Å²) in [6.07, 6.45) is 3.48. The Labute approximate surface area is 99.8 Å². The normalized spacial score (nSPS) is 12.9. The number of carbonyl (C=O) groups is 1. The highest BCUT2D eigenvalue weighted by atomic mass is 35.5. The minimum absolute atomic E-state index is 0.217. The van der Waals surface area contributed by atoms with Crippen LogP contribution in [0.1, 0.15) is 24.8 Å². The van der Waals surface area contributed by atoms with E-state index in [0.29, 0.717) is 6.42 Å². The van der Waals surface area contributed by atoms with Crippen molar-refractivity contribution in [2.24, 2.45) is 7.05 Å². The van der Waals surface area contributed by atoms with Crippen molar-refractivity contribution in [3.8, 4) is 0 Å². The monoisotopic (exact) mass is 235 g/mol. The first-order valence-electron chi connectivity index (χ1n) is 5.31. The predicted molar refractivity (Wildman–Crippen MR) is 67.0 cm³/mol. The van der Waals surface area contributed by atoms with Crippen LogP contribution >= 0.6 is 11.6 Å². The second kappa shape index (κ2) is 4.30. The first kappa shape index (κ1) is 11.2. The van der Waals surface area contributed by atoms with Gasteiger partial charge in [-0.05, 0) is 29.7 Å². The lowest BCUT2D eigenvalue weighted by Gasteiger charge is -2.10. The van der Waals surface area contributed by atoms with Crippen LogP contribution < -0.4 is 0 Å². The smallest absolute Gasteiger partial charge is 0.120 e. The summed E-state index contributed by atoms with van der Waals surface area (Å²) in [5.41, 5.74) is 2.23. The first-order valence-corrected chi connectivity index (χ1v) is 5.69. The highest BCUT2D eigenvalue weighted by Gasteiger charge is 2.10. The minimum Gasteiger partial charge on any atom is -0.350 e. The third kappa shape index (κ3) is 1.85. The van der Waals surface area contributed by atoms with Gasteiger partial charge in [0, 0.05) is 30.6 Å². The summed E-state index contributed by atoms with van der Waals surface area (Å²) < 4.78 is 2.04. The summed E-state index contributed by atoms with van der Waals surface area (Å²) in [7, 11) is 1.99. The van der Waals surface area contributed by atoms with E-state index in [9.17, 15) is 4.79 Å². The van der Waals surface area contributed by atoms with E-state index in [1.165, 1.54) is 0 Å². The molecule has 0 amide bonds. The van der Waals surface area contributed by atoms with Crippen LogP contribution in [0.5, 0.6) is 0 Å². The molecule has 2 aromatic rings. The Morgan fingerprint density at radius 2 is 2.25 bits per heavy atom. The summed E-state index contributed by atoms with van der Waals surface area (Å²) in [6, 6.07) is 6.07. The van der Waals surface area contributed by atoms with E-state index in [0.717, 1.165) is 27.8 Å². The van der Waals surface area contributed by atoms with Crippen molar-refractivity contribution < 1.29 is 4.79 Å². The minimum atomic E-state index is 0.217. The largest absolute Gasteiger partial charge is 0.350 e. The molecule has 0 aliphatic rings. The van der Waals surface area contributed by atoms with E-state index in [2.05, 4.69) is 6.07 Å². The predicted octanol–water partition coefficient (Wildman–Crippen LogP) is 3.52. The number of hydrogen-bond donors (Lipinski definition) is 0. The van der Waals surface area contributed by atoms with Crippen LogP contribution in [0.2, 0.25) is 5.02 Å². The first-order chi connectivity index (χ1) is 7.63. The molecule has 2 nitrogen and oxygen atoms in total. The molecular formula is C13H14ClNO. The quantitative estimate of drug-likeness (QED) is 0.746. The van der Waals surface area contributed by atoms with Crippen LogP contribution in [0.25, 0.3) is 10.9 Å². The molecule has 0 spiro atoms. The highest BCUT2D eigenvalue weighted by molar-refractivity contribution is 6.35. The summed E-state index contributed by atoms with van der Waals surface area (Å²) in [6.45, 7) is 2.04. The van der Waals surface area contributed by atoms with Crippen LogP contribution in [-0.4, -0.2) is 10.9 Å². The van der Waals surface area contributed by atoms with Gasteiger partial charge in [0.05, 0.1) is 5.02 Å². The molecule has 0 bridgehead atoms. The molecule has 1 unspecified atom stereocenters. The summed E-state index contributed by atoms with van der Waals surface area (Å²) >= 11 is 6.22. The number of fused-ring (bicyclic) bond motifs is 1. The van der Waals surface area contributed by atoms with Gasteiger partial charge in [-0.15, -0.1) is 0 Å². The number of aromatic nitrogens is 1. The molecule has 0 saturated carbocycles. The van der Waals surface area contributed by atoms with Crippen molar-refractivity contribution in [3.63, 3.8) is 0 Å².